The maximum Gasteiger partial charge on any atom is 0.309 e. The number of ether oxygens (including phenoxy) is 3. The number of cyclic esters (lactones) is 1. The first-order valence-electron chi connectivity index (χ1n) is 10.9. The highest BCUT2D eigenvalue weighted by molar-refractivity contribution is 5.75. The largest absolute Gasteiger partial charge is 0.508 e. The summed E-state index contributed by atoms with van der Waals surface area (Å²) in [5.41, 5.74) is 0.0425. The van der Waals surface area contributed by atoms with Gasteiger partial charge in [0.05, 0.1) is 35.0 Å². The lowest BCUT2D eigenvalue weighted by Crippen LogP contribution is -2.20. The van der Waals surface area contributed by atoms with Crippen molar-refractivity contribution in [2.45, 2.75) is 12.8 Å². The number of carbonyl (C=O) groups excluding carboxylic acids is 1. The van der Waals surface area contributed by atoms with Gasteiger partial charge >= 0.3 is 5.97 Å². The molecule has 1 heterocycles. The summed E-state index contributed by atoms with van der Waals surface area (Å²) in [5, 5.41) is 19.8. The van der Waals surface area contributed by atoms with Gasteiger partial charge in [-0.3, -0.25) is 4.79 Å². The van der Waals surface area contributed by atoms with Crippen LogP contribution in [0.4, 0.5) is 0 Å². The molecule has 2 N–H and O–H groups in total. The van der Waals surface area contributed by atoms with E-state index in [2.05, 4.69) is 0 Å². The minimum Gasteiger partial charge on any atom is -0.508 e. The van der Waals surface area contributed by atoms with Crippen LogP contribution in [0, 0.1) is 11.8 Å². The maximum absolute atomic E-state index is 12.4. The molecule has 0 spiro atoms. The van der Waals surface area contributed by atoms with Crippen LogP contribution >= 0.6 is 0 Å². The number of hydrogen-bond donors (Lipinski definition) is 2. The van der Waals surface area contributed by atoms with Crippen molar-refractivity contribution in [3.8, 4) is 23.0 Å². The molecule has 1 fully saturated rings. The third-order valence-electron chi connectivity index (χ3n) is 4.18. The molecule has 0 saturated carbocycles. The molecule has 1 aliphatic rings. The van der Waals surface area contributed by atoms with E-state index < -0.39 is 47.4 Å². The van der Waals surface area contributed by atoms with Crippen LogP contribution in [0.15, 0.2) is 36.3 Å². The number of esters is 1. The monoisotopic (exact) mass is 364 g/mol. The Morgan fingerprint density at radius 3 is 2.38 bits per heavy atom. The fourth-order valence-electron chi connectivity index (χ4n) is 2.94. The molecule has 6 heteroatoms. The van der Waals surface area contributed by atoms with Gasteiger partial charge in [0.2, 0.25) is 0 Å². The van der Waals surface area contributed by atoms with Crippen LogP contribution in [0.1, 0.15) is 19.4 Å². The Bertz CT molecular complexity index is 1060. The molecule has 138 valence electrons. The van der Waals surface area contributed by atoms with Crippen molar-refractivity contribution >= 4 is 5.97 Å². The lowest BCUT2D eigenvalue weighted by Gasteiger charge is -2.17. The van der Waals surface area contributed by atoms with Gasteiger partial charge in [-0.25, -0.2) is 0 Å². The highest BCUT2D eigenvalue weighted by Crippen LogP contribution is 2.33. The molecule has 0 bridgehead atoms. The third-order valence-corrected chi connectivity index (χ3v) is 4.18. The summed E-state index contributed by atoms with van der Waals surface area (Å²) in [6, 6.07) is -2.46. The molecule has 3 rings (SSSR count). The number of phenols is 2. The van der Waals surface area contributed by atoms with Gasteiger partial charge in [0.1, 0.15) is 11.5 Å². The molecule has 2 aromatic rings. The van der Waals surface area contributed by atoms with Crippen molar-refractivity contribution in [1.82, 2.24) is 0 Å². The molecule has 6 nitrogen and oxygen atoms in total. The van der Waals surface area contributed by atoms with Crippen molar-refractivity contribution in [3.63, 3.8) is 0 Å². The lowest BCUT2D eigenvalue weighted by atomic mass is 9.85. The second kappa shape index (κ2) is 7.56. The van der Waals surface area contributed by atoms with Gasteiger partial charge in [-0.1, -0.05) is 6.04 Å². The molecule has 1 aliphatic heterocycles. The minimum atomic E-state index is -0.889. The maximum atomic E-state index is 12.4. The number of carbonyl (C=O) groups is 1. The zero-order valence-corrected chi connectivity index (χ0v) is 14.3. The Balaban J connectivity index is 2.00. The van der Waals surface area contributed by atoms with Crippen molar-refractivity contribution in [2.24, 2.45) is 11.8 Å². The Morgan fingerprint density at radius 1 is 1.04 bits per heavy atom. The summed E-state index contributed by atoms with van der Waals surface area (Å²) in [5.74, 6) is -3.71. The first-order valence-corrected chi connectivity index (χ1v) is 7.92. The molecular formula is C20H22O6. The molecule has 0 aromatic heterocycles. The van der Waals surface area contributed by atoms with E-state index >= 15 is 0 Å². The van der Waals surface area contributed by atoms with Crippen LogP contribution < -0.4 is 9.47 Å². The molecule has 0 aliphatic carbocycles. The minimum absolute atomic E-state index is 0.00643. The average Bonchev–Trinajstić information content (AvgIpc) is 3.12. The van der Waals surface area contributed by atoms with Crippen molar-refractivity contribution in [3.05, 3.63) is 47.4 Å². The summed E-state index contributed by atoms with van der Waals surface area (Å²) < 4.78 is 63.8. The second-order valence-corrected chi connectivity index (χ2v) is 5.88. The van der Waals surface area contributed by atoms with E-state index in [1.54, 1.807) is 0 Å². The van der Waals surface area contributed by atoms with Gasteiger partial charge in [-0.15, -0.1) is 0 Å². The Morgan fingerprint density at radius 2 is 1.73 bits per heavy atom. The highest BCUT2D eigenvalue weighted by atomic mass is 16.5. The van der Waals surface area contributed by atoms with Gasteiger partial charge in [0, 0.05) is 12.0 Å². The first-order chi connectivity index (χ1) is 15.0. The first kappa shape index (κ1) is 11.7. The van der Waals surface area contributed by atoms with Crippen molar-refractivity contribution in [1.29, 1.82) is 0 Å². The molecule has 2 atom stereocenters. The zero-order chi connectivity index (χ0) is 23.9. The average molecular weight is 364 g/mol. The van der Waals surface area contributed by atoms with Gasteiger partial charge in [-0.2, -0.15) is 0 Å². The Hall–Kier alpha value is -2.89. The van der Waals surface area contributed by atoms with E-state index in [0.29, 0.717) is 0 Å². The van der Waals surface area contributed by atoms with Gasteiger partial charge in [0.15, 0.2) is 11.5 Å². The van der Waals surface area contributed by atoms with Gasteiger partial charge < -0.3 is 24.4 Å². The fourth-order valence-corrected chi connectivity index (χ4v) is 2.94. The fraction of sp³-hybridized carbons (Fsp3) is 0.350. The predicted molar refractivity (Wildman–Crippen MR) is 94.7 cm³/mol. The molecule has 0 amide bonds. The number of aromatic hydroxyl groups is 2. The van der Waals surface area contributed by atoms with Crippen LogP contribution in [0.5, 0.6) is 23.0 Å². The predicted octanol–water partition coefficient (Wildman–Crippen LogP) is 2.69. The molecule has 1 saturated heterocycles. The zero-order valence-electron chi connectivity index (χ0n) is 20.3. The SMILES string of the molecule is [2H]c1c(O)c([2H])c(C[C@H]2C(=O)OC[C@@H]2Cc2c([2H])c([2H])c(OC)c(OC)c2[2H])c([2H])c1O. The van der Waals surface area contributed by atoms with Crippen LogP contribution in [0.3, 0.4) is 0 Å². The van der Waals surface area contributed by atoms with E-state index in [0.717, 1.165) is 0 Å². The van der Waals surface area contributed by atoms with Crippen LogP contribution in [-0.2, 0) is 22.4 Å². The number of methoxy groups -OCH3 is 2. The Labute approximate surface area is 160 Å². The van der Waals surface area contributed by atoms with E-state index in [1.165, 1.54) is 14.2 Å². The molecule has 0 radical (unpaired) electrons. The van der Waals surface area contributed by atoms with Crippen molar-refractivity contribution < 1.29 is 37.4 Å². The summed E-state index contributed by atoms with van der Waals surface area (Å²) in [7, 11) is 2.62. The quantitative estimate of drug-likeness (QED) is 0.767. The highest BCUT2D eigenvalue weighted by Gasteiger charge is 2.37. The second-order valence-electron chi connectivity index (χ2n) is 5.88. The van der Waals surface area contributed by atoms with Crippen molar-refractivity contribution in [2.75, 3.05) is 20.8 Å². The number of rotatable bonds is 6. The number of hydrogen-bond acceptors (Lipinski definition) is 6. The molecule has 26 heavy (non-hydrogen) atoms. The standard InChI is InChI=1S/C20H22O6/c1-24-18-4-3-12(9-19(18)25-2)5-14-11-26-20(23)17(14)8-13-6-15(21)10-16(22)7-13/h3-4,6-7,9-10,14,17,21-22H,5,8,11H2,1-2H3/t14-,17+/m0/s1/i3D,4D,6D,7D,9D,10D. The van der Waals surface area contributed by atoms with Crippen LogP contribution in [0.2, 0.25) is 0 Å². The summed E-state index contributed by atoms with van der Waals surface area (Å²) >= 11 is 0. The van der Waals surface area contributed by atoms with E-state index in [-0.39, 0.29) is 60.2 Å². The normalized spacial score (nSPS) is 22.5. The molecule has 0 unspecified atom stereocenters. The Kier molecular flexibility index (Phi) is 3.39. The van der Waals surface area contributed by atoms with Crippen LogP contribution in [0.25, 0.3) is 0 Å². The van der Waals surface area contributed by atoms with E-state index in [9.17, 15) is 15.0 Å². The number of benzene rings is 2. The lowest BCUT2D eigenvalue weighted by molar-refractivity contribution is -0.141. The summed E-state index contributed by atoms with van der Waals surface area (Å²) in [4.78, 5) is 12.4. The molecular weight excluding hydrogens is 336 g/mol. The smallest absolute Gasteiger partial charge is 0.309 e. The van der Waals surface area contributed by atoms with Gasteiger partial charge in [-0.05, 0) is 48.1 Å². The molecule has 2 aromatic carbocycles. The summed E-state index contributed by atoms with van der Waals surface area (Å²) in [6.07, 6.45) is -0.209. The topological polar surface area (TPSA) is 85.2 Å². The number of phenolic OH excluding ortho intramolecular Hbond substituents is 2. The summed E-state index contributed by atoms with van der Waals surface area (Å²) in [6.45, 7) is -0.0424. The third kappa shape index (κ3) is 3.85. The van der Waals surface area contributed by atoms with E-state index in [1.807, 2.05) is 0 Å². The van der Waals surface area contributed by atoms with Crippen LogP contribution in [-0.4, -0.2) is 37.0 Å². The van der Waals surface area contributed by atoms with Gasteiger partial charge in [0.25, 0.3) is 0 Å². The van der Waals surface area contributed by atoms with E-state index in [4.69, 9.17) is 22.4 Å².